The van der Waals surface area contributed by atoms with E-state index in [1.807, 2.05) is 43.8 Å². The zero-order chi connectivity index (χ0) is 25.2. The number of H-pyrrole nitrogens is 1. The molecule has 190 valence electrons. The first-order chi connectivity index (χ1) is 17.5. The third kappa shape index (κ3) is 4.59. The minimum atomic E-state index is -0.0424. The van der Waals surface area contributed by atoms with E-state index < -0.39 is 0 Å². The molecular weight excluding hydrogens is 460 g/mol. The predicted molar refractivity (Wildman–Crippen MR) is 137 cm³/mol. The number of hydrogen-bond acceptors (Lipinski definition) is 8. The summed E-state index contributed by atoms with van der Waals surface area (Å²) in [6.07, 6.45) is 7.49. The SMILES string of the molecule is CCN1CCOc2c(cnn2C)-c2cc3c(n[nH]c3cn2)/C=C/c2c(OC(C)C)nn(CCO)c2C1. The standard InChI is InChI=1S/C25H32N8O3/c1-5-32-9-11-35-25-19(13-27-31(25)4)21-12-18-20(28-29-22(18)14-26-21)7-6-17-23(15-32)33(8-10-34)30-24(17)36-16(2)3/h6-7,12-14,16,34H,5,8-11,15H2,1-4H3,(H,28,29)/b7-6+. The zero-order valence-electron chi connectivity index (χ0n) is 21.1. The Bertz CT molecular complexity index is 1380. The number of pyridine rings is 1. The molecule has 0 aromatic carbocycles. The van der Waals surface area contributed by atoms with E-state index in [4.69, 9.17) is 14.6 Å². The number of nitrogens with one attached hydrogen (secondary N) is 1. The molecule has 5 heterocycles. The van der Waals surface area contributed by atoms with Crippen LogP contribution in [-0.2, 0) is 20.1 Å². The highest BCUT2D eigenvalue weighted by atomic mass is 16.5. The Morgan fingerprint density at radius 2 is 2.11 bits per heavy atom. The summed E-state index contributed by atoms with van der Waals surface area (Å²) in [5, 5.41) is 27.4. The monoisotopic (exact) mass is 492 g/mol. The topological polar surface area (TPSA) is 119 Å². The number of rotatable bonds is 5. The Hall–Kier alpha value is -3.70. The third-order valence-electron chi connectivity index (χ3n) is 6.24. The average molecular weight is 493 g/mol. The van der Waals surface area contributed by atoms with Gasteiger partial charge in [-0.15, -0.1) is 5.10 Å². The Balaban J connectivity index is 1.67. The van der Waals surface area contributed by atoms with Crippen molar-refractivity contribution < 1.29 is 14.6 Å². The number of hydrogen-bond donors (Lipinski definition) is 2. The second-order valence-electron chi connectivity index (χ2n) is 9.04. The number of fused-ring (bicyclic) bond motifs is 4. The highest BCUT2D eigenvalue weighted by molar-refractivity contribution is 5.91. The van der Waals surface area contributed by atoms with Gasteiger partial charge in [-0.3, -0.25) is 19.7 Å². The quantitative estimate of drug-likeness (QED) is 0.437. The van der Waals surface area contributed by atoms with Crippen LogP contribution in [0, 0.1) is 0 Å². The summed E-state index contributed by atoms with van der Waals surface area (Å²) in [6.45, 7) is 9.05. The van der Waals surface area contributed by atoms with Gasteiger partial charge in [0, 0.05) is 25.5 Å². The Morgan fingerprint density at radius 3 is 2.89 bits per heavy atom. The van der Waals surface area contributed by atoms with Crippen molar-refractivity contribution in [3.8, 4) is 23.0 Å². The molecule has 1 aliphatic rings. The van der Waals surface area contributed by atoms with Gasteiger partial charge < -0.3 is 14.6 Å². The molecule has 2 bridgehead atoms. The molecule has 1 aliphatic heterocycles. The summed E-state index contributed by atoms with van der Waals surface area (Å²) in [5.41, 5.74) is 5.06. The van der Waals surface area contributed by atoms with Gasteiger partial charge in [0.15, 0.2) is 0 Å². The zero-order valence-corrected chi connectivity index (χ0v) is 21.1. The summed E-state index contributed by atoms with van der Waals surface area (Å²) < 4.78 is 15.9. The van der Waals surface area contributed by atoms with Gasteiger partial charge in [-0.05, 0) is 38.6 Å². The number of aryl methyl sites for hydroxylation is 1. The molecule has 2 N–H and O–H groups in total. The summed E-state index contributed by atoms with van der Waals surface area (Å²) >= 11 is 0. The fraction of sp³-hybridized carbons (Fsp3) is 0.440. The Kier molecular flexibility index (Phi) is 6.75. The lowest BCUT2D eigenvalue weighted by Crippen LogP contribution is -2.29. The molecule has 0 aliphatic carbocycles. The second-order valence-corrected chi connectivity index (χ2v) is 9.04. The van der Waals surface area contributed by atoms with Gasteiger partial charge in [0.05, 0.1) is 65.4 Å². The fourth-order valence-electron chi connectivity index (χ4n) is 4.39. The maximum atomic E-state index is 9.71. The molecule has 0 fully saturated rings. The minimum absolute atomic E-state index is 0.0166. The summed E-state index contributed by atoms with van der Waals surface area (Å²) in [5.74, 6) is 1.22. The molecule has 11 heteroatoms. The number of likely N-dealkylation sites (N-methyl/N-ethyl adjacent to an activating group) is 1. The lowest BCUT2D eigenvalue weighted by atomic mass is 10.1. The molecule has 11 nitrogen and oxygen atoms in total. The van der Waals surface area contributed by atoms with Crippen LogP contribution in [0.1, 0.15) is 37.7 Å². The van der Waals surface area contributed by atoms with Gasteiger partial charge in [-0.25, -0.2) is 4.68 Å². The van der Waals surface area contributed by atoms with E-state index in [1.54, 1.807) is 17.1 Å². The predicted octanol–water partition coefficient (Wildman–Crippen LogP) is 2.72. The summed E-state index contributed by atoms with van der Waals surface area (Å²) in [7, 11) is 1.87. The Morgan fingerprint density at radius 1 is 1.25 bits per heavy atom. The van der Waals surface area contributed by atoms with Gasteiger partial charge in [0.1, 0.15) is 6.61 Å². The van der Waals surface area contributed by atoms with Gasteiger partial charge in [-0.2, -0.15) is 10.2 Å². The van der Waals surface area contributed by atoms with Crippen LogP contribution >= 0.6 is 0 Å². The van der Waals surface area contributed by atoms with Crippen molar-refractivity contribution in [1.82, 2.24) is 39.6 Å². The van der Waals surface area contributed by atoms with Crippen LogP contribution < -0.4 is 9.47 Å². The number of ether oxygens (including phenoxy) is 2. The number of aliphatic hydroxyl groups is 1. The van der Waals surface area contributed by atoms with E-state index in [9.17, 15) is 5.11 Å². The molecule has 4 aromatic rings. The summed E-state index contributed by atoms with van der Waals surface area (Å²) in [6, 6.07) is 2.00. The van der Waals surface area contributed by atoms with Crippen LogP contribution in [0.4, 0.5) is 0 Å². The summed E-state index contributed by atoms with van der Waals surface area (Å²) in [4.78, 5) is 6.91. The normalized spacial score (nSPS) is 15.4. The van der Waals surface area contributed by atoms with Gasteiger partial charge in [-0.1, -0.05) is 6.92 Å². The molecule has 0 atom stereocenters. The van der Waals surface area contributed by atoms with E-state index in [0.717, 1.165) is 45.7 Å². The van der Waals surface area contributed by atoms with Crippen LogP contribution in [0.2, 0.25) is 0 Å². The largest absolute Gasteiger partial charge is 0.476 e. The van der Waals surface area contributed by atoms with E-state index in [0.29, 0.717) is 38.0 Å². The molecular formula is C25H32N8O3. The first kappa shape index (κ1) is 24.0. The maximum Gasteiger partial charge on any atom is 0.240 e. The van der Waals surface area contributed by atoms with E-state index in [1.165, 1.54) is 0 Å². The van der Waals surface area contributed by atoms with E-state index >= 15 is 0 Å². The van der Waals surface area contributed by atoms with E-state index in [2.05, 4.69) is 32.1 Å². The number of aromatic amines is 1. The molecule has 0 radical (unpaired) electrons. The molecule has 0 saturated heterocycles. The van der Waals surface area contributed by atoms with Crippen molar-refractivity contribution in [3.63, 3.8) is 0 Å². The molecule has 5 rings (SSSR count). The molecule has 4 aromatic heterocycles. The molecule has 0 amide bonds. The maximum absolute atomic E-state index is 9.71. The lowest BCUT2D eigenvalue weighted by molar-refractivity contribution is 0.195. The number of aliphatic hydroxyl groups excluding tert-OH is 1. The van der Waals surface area contributed by atoms with Crippen LogP contribution in [0.3, 0.4) is 0 Å². The van der Waals surface area contributed by atoms with Gasteiger partial charge >= 0.3 is 0 Å². The highest BCUT2D eigenvalue weighted by Crippen LogP contribution is 2.32. The van der Waals surface area contributed by atoms with Crippen molar-refractivity contribution in [2.75, 3.05) is 26.3 Å². The van der Waals surface area contributed by atoms with Crippen molar-refractivity contribution in [2.45, 2.75) is 40.0 Å². The highest BCUT2D eigenvalue weighted by Gasteiger charge is 2.22. The van der Waals surface area contributed by atoms with Crippen molar-refractivity contribution in [3.05, 3.63) is 35.4 Å². The molecule has 0 spiro atoms. The number of aromatic nitrogens is 7. The fourth-order valence-corrected chi connectivity index (χ4v) is 4.39. The third-order valence-corrected chi connectivity index (χ3v) is 6.24. The first-order valence-corrected chi connectivity index (χ1v) is 12.2. The van der Waals surface area contributed by atoms with Crippen LogP contribution in [0.15, 0.2) is 18.5 Å². The van der Waals surface area contributed by atoms with Crippen molar-refractivity contribution in [2.24, 2.45) is 7.05 Å². The first-order valence-electron chi connectivity index (χ1n) is 12.2. The second kappa shape index (κ2) is 10.1. The van der Waals surface area contributed by atoms with Crippen LogP contribution in [0.5, 0.6) is 11.8 Å². The smallest absolute Gasteiger partial charge is 0.240 e. The molecule has 36 heavy (non-hydrogen) atoms. The molecule has 0 saturated carbocycles. The van der Waals surface area contributed by atoms with Crippen LogP contribution in [0.25, 0.3) is 34.3 Å². The lowest BCUT2D eigenvalue weighted by Gasteiger charge is -2.21. The van der Waals surface area contributed by atoms with Crippen LogP contribution in [-0.4, -0.2) is 77.2 Å². The minimum Gasteiger partial charge on any atom is -0.476 e. The Labute approximate surface area is 209 Å². The van der Waals surface area contributed by atoms with Gasteiger partial charge in [0.2, 0.25) is 11.8 Å². The average Bonchev–Trinajstić information content (AvgIpc) is 3.52. The molecule has 0 unspecified atom stereocenters. The van der Waals surface area contributed by atoms with Gasteiger partial charge in [0.25, 0.3) is 0 Å². The van der Waals surface area contributed by atoms with E-state index in [-0.39, 0.29) is 12.7 Å². The van der Waals surface area contributed by atoms with Crippen molar-refractivity contribution in [1.29, 1.82) is 0 Å². The number of nitrogens with zero attached hydrogens (tertiary/aromatic N) is 7. The van der Waals surface area contributed by atoms with Crippen molar-refractivity contribution >= 4 is 23.1 Å².